The lowest BCUT2D eigenvalue weighted by atomic mass is 10.1. The van der Waals surface area contributed by atoms with Crippen LogP contribution in [-0.4, -0.2) is 54.2 Å². The molecular formula is C22H27N3O3. The van der Waals surface area contributed by atoms with Crippen molar-refractivity contribution in [1.82, 2.24) is 15.5 Å². The molecule has 0 saturated carbocycles. The maximum Gasteiger partial charge on any atom is 0.251 e. The van der Waals surface area contributed by atoms with Gasteiger partial charge in [-0.25, -0.2) is 0 Å². The Morgan fingerprint density at radius 1 is 1.18 bits per heavy atom. The number of carbonyl (C=O) groups is 1. The van der Waals surface area contributed by atoms with Crippen LogP contribution in [0.1, 0.15) is 41.3 Å². The van der Waals surface area contributed by atoms with E-state index in [1.165, 1.54) is 0 Å². The topological polar surface area (TPSA) is 77.7 Å². The molecule has 0 aliphatic carbocycles. The van der Waals surface area contributed by atoms with Crippen LogP contribution in [0.2, 0.25) is 0 Å². The lowest BCUT2D eigenvalue weighted by Gasteiger charge is -2.26. The molecule has 3 rings (SSSR count). The summed E-state index contributed by atoms with van der Waals surface area (Å²) in [5.74, 6) is 7.44. The minimum atomic E-state index is -0.598. The molecule has 148 valence electrons. The number of aliphatic hydroxyl groups is 1. The van der Waals surface area contributed by atoms with Gasteiger partial charge in [0.05, 0.1) is 18.7 Å². The Labute approximate surface area is 165 Å². The van der Waals surface area contributed by atoms with E-state index in [-0.39, 0.29) is 11.9 Å². The second-order valence-electron chi connectivity index (χ2n) is 7.12. The highest BCUT2D eigenvalue weighted by atomic mass is 16.3. The van der Waals surface area contributed by atoms with E-state index >= 15 is 0 Å². The van der Waals surface area contributed by atoms with Crippen LogP contribution in [0.3, 0.4) is 0 Å². The summed E-state index contributed by atoms with van der Waals surface area (Å²) < 4.78 is 5.81. The first-order valence-corrected chi connectivity index (χ1v) is 9.64. The number of hydrogen-bond acceptors (Lipinski definition) is 5. The molecule has 2 atom stereocenters. The number of amides is 1. The first-order valence-electron chi connectivity index (χ1n) is 9.64. The fourth-order valence-electron chi connectivity index (χ4n) is 2.87. The van der Waals surface area contributed by atoms with Gasteiger partial charge in [-0.05, 0) is 56.2 Å². The van der Waals surface area contributed by atoms with Gasteiger partial charge in [-0.15, -0.1) is 0 Å². The van der Waals surface area contributed by atoms with Gasteiger partial charge in [0.15, 0.2) is 5.76 Å². The predicted octanol–water partition coefficient (Wildman–Crippen LogP) is 1.58. The molecule has 0 unspecified atom stereocenters. The number of piperazine rings is 1. The van der Waals surface area contributed by atoms with Gasteiger partial charge in [-0.3, -0.25) is 9.69 Å². The molecule has 1 saturated heterocycles. The molecule has 28 heavy (non-hydrogen) atoms. The average molecular weight is 381 g/mol. The maximum atomic E-state index is 12.1. The summed E-state index contributed by atoms with van der Waals surface area (Å²) in [6, 6.07) is 10.6. The van der Waals surface area contributed by atoms with Crippen LogP contribution in [0.25, 0.3) is 0 Å². The Morgan fingerprint density at radius 3 is 2.57 bits per heavy atom. The van der Waals surface area contributed by atoms with Crippen molar-refractivity contribution in [3.05, 3.63) is 59.0 Å². The minimum Gasteiger partial charge on any atom is -0.451 e. The molecule has 1 amide bonds. The van der Waals surface area contributed by atoms with E-state index in [1.54, 1.807) is 38.1 Å². The van der Waals surface area contributed by atoms with Crippen LogP contribution in [0.4, 0.5) is 0 Å². The molecule has 2 heterocycles. The molecule has 2 aromatic rings. The summed E-state index contributed by atoms with van der Waals surface area (Å²) in [5, 5.41) is 15.6. The number of nitrogens with one attached hydrogen (secondary N) is 2. The van der Waals surface area contributed by atoms with Gasteiger partial charge in [-0.2, -0.15) is 0 Å². The molecular weight excluding hydrogens is 354 g/mol. The third-order valence-electron chi connectivity index (χ3n) is 4.81. The van der Waals surface area contributed by atoms with Crippen molar-refractivity contribution in [3.8, 4) is 11.8 Å². The SMILES string of the molecule is C[C@@H](O)[C@@H](C)NC(=O)c1ccc(C#Cc2ccc(CN3CCNCC3)o2)cc1. The molecule has 0 radical (unpaired) electrons. The van der Waals surface area contributed by atoms with Gasteiger partial charge in [0.1, 0.15) is 5.76 Å². The normalized spacial score (nSPS) is 16.7. The van der Waals surface area contributed by atoms with E-state index in [0.717, 1.165) is 44.0 Å². The summed E-state index contributed by atoms with van der Waals surface area (Å²) in [4.78, 5) is 14.5. The largest absolute Gasteiger partial charge is 0.451 e. The van der Waals surface area contributed by atoms with E-state index in [0.29, 0.717) is 11.3 Å². The number of nitrogens with zero attached hydrogens (tertiary/aromatic N) is 1. The lowest BCUT2D eigenvalue weighted by Crippen LogP contribution is -2.42. The van der Waals surface area contributed by atoms with E-state index in [4.69, 9.17) is 4.42 Å². The fraction of sp³-hybridized carbons (Fsp3) is 0.409. The second-order valence-corrected chi connectivity index (χ2v) is 7.12. The number of aliphatic hydroxyl groups excluding tert-OH is 1. The smallest absolute Gasteiger partial charge is 0.251 e. The zero-order valence-electron chi connectivity index (χ0n) is 16.4. The van der Waals surface area contributed by atoms with Crippen molar-refractivity contribution in [3.63, 3.8) is 0 Å². The van der Waals surface area contributed by atoms with Gasteiger partial charge in [0, 0.05) is 37.3 Å². The van der Waals surface area contributed by atoms with Crippen LogP contribution in [-0.2, 0) is 6.54 Å². The third kappa shape index (κ3) is 5.70. The molecule has 6 nitrogen and oxygen atoms in total. The highest BCUT2D eigenvalue weighted by Crippen LogP contribution is 2.11. The first-order chi connectivity index (χ1) is 13.5. The zero-order chi connectivity index (χ0) is 19.9. The molecule has 1 aromatic heterocycles. The summed E-state index contributed by atoms with van der Waals surface area (Å²) in [6.45, 7) is 8.29. The quantitative estimate of drug-likeness (QED) is 0.686. The summed E-state index contributed by atoms with van der Waals surface area (Å²) in [5.41, 5.74) is 1.34. The summed E-state index contributed by atoms with van der Waals surface area (Å²) in [7, 11) is 0. The highest BCUT2D eigenvalue weighted by molar-refractivity contribution is 5.94. The van der Waals surface area contributed by atoms with Crippen molar-refractivity contribution in [2.45, 2.75) is 32.5 Å². The number of hydrogen-bond donors (Lipinski definition) is 3. The minimum absolute atomic E-state index is 0.212. The molecule has 0 bridgehead atoms. The van der Waals surface area contributed by atoms with Crippen molar-refractivity contribution < 1.29 is 14.3 Å². The molecule has 1 aromatic carbocycles. The van der Waals surface area contributed by atoms with Gasteiger partial charge in [0.25, 0.3) is 5.91 Å². The zero-order valence-corrected chi connectivity index (χ0v) is 16.4. The Balaban J connectivity index is 1.57. The molecule has 1 aliphatic rings. The number of benzene rings is 1. The van der Waals surface area contributed by atoms with Crippen molar-refractivity contribution in [2.24, 2.45) is 0 Å². The Hall–Kier alpha value is -2.59. The van der Waals surface area contributed by atoms with Gasteiger partial charge in [-0.1, -0.05) is 5.92 Å². The molecule has 6 heteroatoms. The van der Waals surface area contributed by atoms with Crippen molar-refractivity contribution in [2.75, 3.05) is 26.2 Å². The van der Waals surface area contributed by atoms with Crippen LogP contribution >= 0.6 is 0 Å². The van der Waals surface area contributed by atoms with Crippen LogP contribution in [0.15, 0.2) is 40.8 Å². The first kappa shape index (κ1) is 20.2. The Bertz CT molecular complexity index is 840. The number of furan rings is 1. The van der Waals surface area contributed by atoms with Crippen LogP contribution in [0.5, 0.6) is 0 Å². The molecule has 1 fully saturated rings. The van der Waals surface area contributed by atoms with Crippen LogP contribution in [0, 0.1) is 11.8 Å². The number of rotatable bonds is 5. The van der Waals surface area contributed by atoms with Gasteiger partial charge < -0.3 is 20.2 Å². The van der Waals surface area contributed by atoms with Crippen molar-refractivity contribution >= 4 is 5.91 Å². The lowest BCUT2D eigenvalue weighted by molar-refractivity contribution is 0.0874. The summed E-state index contributed by atoms with van der Waals surface area (Å²) >= 11 is 0. The fourth-order valence-corrected chi connectivity index (χ4v) is 2.87. The predicted molar refractivity (Wildman–Crippen MR) is 108 cm³/mol. The van der Waals surface area contributed by atoms with Crippen LogP contribution < -0.4 is 10.6 Å². The van der Waals surface area contributed by atoms with E-state index in [9.17, 15) is 9.90 Å². The molecule has 1 aliphatic heterocycles. The second kappa shape index (κ2) is 9.56. The van der Waals surface area contributed by atoms with E-state index < -0.39 is 6.10 Å². The van der Waals surface area contributed by atoms with Crippen molar-refractivity contribution in [1.29, 1.82) is 0 Å². The van der Waals surface area contributed by atoms with E-state index in [1.807, 2.05) is 12.1 Å². The third-order valence-corrected chi connectivity index (χ3v) is 4.81. The Kier molecular flexibility index (Phi) is 6.88. The maximum absolute atomic E-state index is 12.1. The monoisotopic (exact) mass is 381 g/mol. The molecule has 0 spiro atoms. The van der Waals surface area contributed by atoms with Gasteiger partial charge >= 0.3 is 0 Å². The average Bonchev–Trinajstić information content (AvgIpc) is 3.14. The van der Waals surface area contributed by atoms with Gasteiger partial charge in [0.2, 0.25) is 0 Å². The highest BCUT2D eigenvalue weighted by Gasteiger charge is 2.13. The van der Waals surface area contributed by atoms with E-state index in [2.05, 4.69) is 27.4 Å². The molecule has 3 N–H and O–H groups in total. The number of carbonyl (C=O) groups excluding carboxylic acids is 1. The summed E-state index contributed by atoms with van der Waals surface area (Å²) in [6.07, 6.45) is -0.598. The Morgan fingerprint density at radius 2 is 1.89 bits per heavy atom. The standard InChI is InChI=1S/C22H27N3O3/c1-16(17(2)26)24-22(27)19-6-3-18(4-7-19)5-8-20-9-10-21(28-20)15-25-13-11-23-12-14-25/h3-4,6-7,9-10,16-17,23,26H,11-15H2,1-2H3,(H,24,27)/t16-,17-/m1/s1.